The second kappa shape index (κ2) is 4.87. The quantitative estimate of drug-likeness (QED) is 0.691. The Hall–Kier alpha value is -2.12. The molecule has 2 rings (SSSR count). The first-order chi connectivity index (χ1) is 8.90. The van der Waals surface area contributed by atoms with Crippen molar-refractivity contribution in [3.05, 3.63) is 40.9 Å². The Balaban J connectivity index is 2.24. The minimum Gasteiger partial charge on any atom is -0.444 e. The summed E-state index contributed by atoms with van der Waals surface area (Å²) in [5.41, 5.74) is -0.330. The van der Waals surface area contributed by atoms with Gasteiger partial charge in [-0.2, -0.15) is 22.5 Å². The molecule has 0 amide bonds. The van der Waals surface area contributed by atoms with Crippen LogP contribution in [0, 0.1) is 37.4 Å². The molecule has 0 fully saturated rings. The van der Waals surface area contributed by atoms with Crippen molar-refractivity contribution in [2.24, 2.45) is 0 Å². The van der Waals surface area contributed by atoms with Crippen LogP contribution in [0.4, 0.5) is 23.2 Å². The van der Waals surface area contributed by atoms with Crippen molar-refractivity contribution in [2.75, 3.05) is 5.32 Å². The lowest BCUT2D eigenvalue weighted by Gasteiger charge is -2.07. The summed E-state index contributed by atoms with van der Waals surface area (Å²) in [7, 11) is 0. The maximum Gasteiger partial charge on any atom is 0.253 e. The highest BCUT2D eigenvalue weighted by Crippen LogP contribution is 2.22. The molecule has 0 saturated carbocycles. The highest BCUT2D eigenvalue weighted by molar-refractivity contribution is 5.45. The molecule has 19 heavy (non-hydrogen) atoms. The summed E-state index contributed by atoms with van der Waals surface area (Å²) < 4.78 is 57.4. The van der Waals surface area contributed by atoms with E-state index < -0.39 is 29.2 Å². The molecule has 4 nitrogen and oxygen atoms in total. The van der Waals surface area contributed by atoms with E-state index in [0.717, 1.165) is 0 Å². The van der Waals surface area contributed by atoms with E-state index in [9.17, 15) is 17.6 Å². The van der Waals surface area contributed by atoms with Crippen molar-refractivity contribution in [1.82, 2.24) is 9.97 Å². The van der Waals surface area contributed by atoms with Gasteiger partial charge in [-0.1, -0.05) is 0 Å². The van der Waals surface area contributed by atoms with E-state index in [0.29, 0.717) is 11.5 Å². The topological polar surface area (TPSA) is 51.0 Å². The largest absolute Gasteiger partial charge is 0.444 e. The fourth-order valence-corrected chi connectivity index (χ4v) is 1.42. The van der Waals surface area contributed by atoms with E-state index in [1.165, 1.54) is 0 Å². The number of pyridine rings is 1. The van der Waals surface area contributed by atoms with Crippen LogP contribution in [-0.4, -0.2) is 9.97 Å². The number of aromatic nitrogens is 2. The predicted octanol–water partition coefficient (Wildman–Crippen LogP) is 2.85. The number of hydrogen-bond donors (Lipinski definition) is 1. The molecule has 0 radical (unpaired) electrons. The zero-order valence-electron chi connectivity index (χ0n) is 10.0. The summed E-state index contributed by atoms with van der Waals surface area (Å²) in [5, 5.41) is 2.19. The molecule has 2 heterocycles. The summed E-state index contributed by atoms with van der Waals surface area (Å²) in [6.07, 6.45) is 0. The Kier molecular flexibility index (Phi) is 3.41. The number of halogens is 4. The molecule has 0 atom stereocenters. The molecule has 0 spiro atoms. The molecule has 0 unspecified atom stereocenters. The molecule has 0 aliphatic rings. The smallest absolute Gasteiger partial charge is 0.253 e. The molecule has 0 aliphatic carbocycles. The maximum atomic E-state index is 13.3. The number of rotatable bonds is 3. The van der Waals surface area contributed by atoms with E-state index in [1.807, 2.05) is 0 Å². The van der Waals surface area contributed by atoms with Gasteiger partial charge in [-0.3, -0.25) is 0 Å². The zero-order chi connectivity index (χ0) is 14.2. The molecule has 0 saturated heterocycles. The molecule has 0 aromatic carbocycles. The number of hydrogen-bond acceptors (Lipinski definition) is 4. The Morgan fingerprint density at radius 3 is 2.05 bits per heavy atom. The lowest BCUT2D eigenvalue weighted by Crippen LogP contribution is -2.09. The number of aryl methyl sites for hydroxylation is 2. The van der Waals surface area contributed by atoms with Gasteiger partial charge in [0.05, 0.1) is 12.2 Å². The molecule has 8 heteroatoms. The third-order valence-corrected chi connectivity index (χ3v) is 2.49. The molecular formula is C11H9F4N3O. The monoisotopic (exact) mass is 275 g/mol. The summed E-state index contributed by atoms with van der Waals surface area (Å²) in [5.74, 6) is -5.95. The first kappa shape index (κ1) is 13.3. The van der Waals surface area contributed by atoms with E-state index in [2.05, 4.69) is 15.3 Å². The van der Waals surface area contributed by atoms with Gasteiger partial charge in [0.25, 0.3) is 11.9 Å². The standard InChI is InChI=1S/C11H9F4N3O/c1-4-5(2)19-6(17-4)3-16-9-7(12)10(14)18-11(15)8(9)13/h3H2,1-2H3,(H,16,18). The highest BCUT2D eigenvalue weighted by atomic mass is 19.2. The van der Waals surface area contributed by atoms with Gasteiger partial charge in [0, 0.05) is 0 Å². The van der Waals surface area contributed by atoms with Gasteiger partial charge in [0.15, 0.2) is 0 Å². The minimum atomic E-state index is -1.72. The Morgan fingerprint density at radius 2 is 1.58 bits per heavy atom. The van der Waals surface area contributed by atoms with Gasteiger partial charge in [-0.15, -0.1) is 0 Å². The van der Waals surface area contributed by atoms with E-state index in [4.69, 9.17) is 4.42 Å². The molecule has 0 aliphatic heterocycles. The van der Waals surface area contributed by atoms with E-state index in [1.54, 1.807) is 13.8 Å². The lowest BCUT2D eigenvalue weighted by atomic mass is 10.3. The van der Waals surface area contributed by atoms with Gasteiger partial charge in [0.1, 0.15) is 11.4 Å². The van der Waals surface area contributed by atoms with Gasteiger partial charge in [-0.05, 0) is 13.8 Å². The second-order valence-corrected chi connectivity index (χ2v) is 3.80. The lowest BCUT2D eigenvalue weighted by molar-refractivity contribution is 0.409. The zero-order valence-corrected chi connectivity index (χ0v) is 10.0. The third-order valence-electron chi connectivity index (χ3n) is 2.49. The van der Waals surface area contributed by atoms with Gasteiger partial charge in [-0.25, -0.2) is 4.98 Å². The first-order valence-electron chi connectivity index (χ1n) is 5.27. The highest BCUT2D eigenvalue weighted by Gasteiger charge is 2.21. The molecular weight excluding hydrogens is 266 g/mol. The van der Waals surface area contributed by atoms with Crippen LogP contribution in [0.1, 0.15) is 17.3 Å². The fourth-order valence-electron chi connectivity index (χ4n) is 1.42. The van der Waals surface area contributed by atoms with Crippen LogP contribution in [0.5, 0.6) is 0 Å². The van der Waals surface area contributed by atoms with E-state index >= 15 is 0 Å². The number of nitrogens with zero attached hydrogens (tertiary/aromatic N) is 2. The van der Waals surface area contributed by atoms with Crippen LogP contribution in [0.3, 0.4) is 0 Å². The van der Waals surface area contributed by atoms with Crippen LogP contribution in [0.15, 0.2) is 4.42 Å². The minimum absolute atomic E-state index is 0.145. The Labute approximate surface area is 105 Å². The summed E-state index contributed by atoms with van der Waals surface area (Å²) in [4.78, 5) is 6.40. The Morgan fingerprint density at radius 1 is 1.00 bits per heavy atom. The average molecular weight is 275 g/mol. The van der Waals surface area contributed by atoms with Crippen LogP contribution >= 0.6 is 0 Å². The van der Waals surface area contributed by atoms with Gasteiger partial charge >= 0.3 is 0 Å². The molecule has 2 aromatic heterocycles. The van der Waals surface area contributed by atoms with Crippen LogP contribution < -0.4 is 5.32 Å². The summed E-state index contributed by atoms with van der Waals surface area (Å²) in [6, 6.07) is 0. The first-order valence-corrected chi connectivity index (χ1v) is 5.27. The number of oxazole rings is 1. The summed E-state index contributed by atoms with van der Waals surface area (Å²) in [6.45, 7) is 3.14. The van der Waals surface area contributed by atoms with Crippen LogP contribution in [0.25, 0.3) is 0 Å². The molecule has 0 bridgehead atoms. The van der Waals surface area contributed by atoms with Crippen molar-refractivity contribution < 1.29 is 22.0 Å². The number of nitrogens with one attached hydrogen (secondary N) is 1. The Bertz CT molecular complexity index is 581. The third kappa shape index (κ3) is 2.51. The number of anilines is 1. The summed E-state index contributed by atoms with van der Waals surface area (Å²) >= 11 is 0. The van der Waals surface area contributed by atoms with Crippen molar-refractivity contribution >= 4 is 5.69 Å². The van der Waals surface area contributed by atoms with Crippen LogP contribution in [0.2, 0.25) is 0 Å². The molecule has 102 valence electrons. The van der Waals surface area contributed by atoms with Gasteiger partial charge < -0.3 is 9.73 Å². The molecule has 1 N–H and O–H groups in total. The second-order valence-electron chi connectivity index (χ2n) is 3.80. The normalized spacial score (nSPS) is 10.8. The van der Waals surface area contributed by atoms with E-state index in [-0.39, 0.29) is 12.4 Å². The SMILES string of the molecule is Cc1nc(CNc2c(F)c(F)nc(F)c2F)oc1C. The van der Waals surface area contributed by atoms with Crippen molar-refractivity contribution in [3.63, 3.8) is 0 Å². The van der Waals surface area contributed by atoms with Crippen LogP contribution in [-0.2, 0) is 6.54 Å². The fraction of sp³-hybridized carbons (Fsp3) is 0.273. The van der Waals surface area contributed by atoms with Gasteiger partial charge in [0.2, 0.25) is 17.5 Å². The average Bonchev–Trinajstić information content (AvgIpc) is 2.66. The predicted molar refractivity (Wildman–Crippen MR) is 57.4 cm³/mol. The van der Waals surface area contributed by atoms with Crippen molar-refractivity contribution in [2.45, 2.75) is 20.4 Å². The van der Waals surface area contributed by atoms with Crippen molar-refractivity contribution in [1.29, 1.82) is 0 Å². The molecule has 2 aromatic rings. The van der Waals surface area contributed by atoms with Crippen molar-refractivity contribution in [3.8, 4) is 0 Å². The maximum absolute atomic E-state index is 13.3.